The zero-order valence-corrected chi connectivity index (χ0v) is 19.9. The number of aromatic nitrogens is 2. The molecule has 1 aromatic carbocycles. The van der Waals surface area contributed by atoms with Gasteiger partial charge in [0, 0.05) is 12.3 Å². The lowest BCUT2D eigenvalue weighted by atomic mass is 9.78. The van der Waals surface area contributed by atoms with Gasteiger partial charge in [0.05, 0.1) is 23.9 Å². The van der Waals surface area contributed by atoms with Crippen LogP contribution in [0, 0.1) is 11.6 Å². The van der Waals surface area contributed by atoms with Crippen LogP contribution >= 0.6 is 0 Å². The smallest absolute Gasteiger partial charge is 0.248 e. The maximum atomic E-state index is 13.4. The van der Waals surface area contributed by atoms with Gasteiger partial charge < -0.3 is 20.3 Å². The van der Waals surface area contributed by atoms with Gasteiger partial charge in [-0.2, -0.15) is 0 Å². The number of benzene rings is 1. The van der Waals surface area contributed by atoms with Crippen LogP contribution in [0.25, 0.3) is 0 Å². The number of rotatable bonds is 11. The Kier molecular flexibility index (Phi) is 8.71. The molecule has 1 aromatic heterocycles. The van der Waals surface area contributed by atoms with Crippen LogP contribution in [0.5, 0.6) is 0 Å². The zero-order valence-electron chi connectivity index (χ0n) is 19.9. The fraction of sp³-hybridized carbons (Fsp3) is 0.542. The standard InChI is InChI=1S/C24H34F2N4O3/c1-6-9-19(28-21(31)12-16-10-17(25)13-18(26)11-16)22(32)29-20-14-30(15-27-20)23(4,5)24(33,7-2)8-3/h10-11,13-15,19,33H,6-9,12H2,1-5H3,(H,28,31)(H,29,32). The van der Waals surface area contributed by atoms with Crippen molar-refractivity contribution >= 4 is 17.6 Å². The summed E-state index contributed by atoms with van der Waals surface area (Å²) >= 11 is 0. The molecule has 3 N–H and O–H groups in total. The van der Waals surface area contributed by atoms with Crippen molar-refractivity contribution in [2.24, 2.45) is 0 Å². The molecule has 0 saturated heterocycles. The van der Waals surface area contributed by atoms with E-state index < -0.39 is 40.6 Å². The monoisotopic (exact) mass is 464 g/mol. The van der Waals surface area contributed by atoms with Crippen LogP contribution in [0.15, 0.2) is 30.7 Å². The van der Waals surface area contributed by atoms with Gasteiger partial charge in [0.1, 0.15) is 17.7 Å². The highest BCUT2D eigenvalue weighted by molar-refractivity contribution is 5.96. The number of aliphatic hydroxyl groups is 1. The number of amides is 2. The van der Waals surface area contributed by atoms with Crippen molar-refractivity contribution in [3.63, 3.8) is 0 Å². The van der Waals surface area contributed by atoms with E-state index in [0.717, 1.165) is 18.2 Å². The summed E-state index contributed by atoms with van der Waals surface area (Å²) in [5.74, 6) is -2.20. The first kappa shape index (κ1) is 26.4. The quantitative estimate of drug-likeness (QED) is 0.470. The van der Waals surface area contributed by atoms with Crippen LogP contribution in [0.4, 0.5) is 14.6 Å². The van der Waals surface area contributed by atoms with Crippen molar-refractivity contribution in [3.8, 4) is 0 Å². The molecular weight excluding hydrogens is 430 g/mol. The molecule has 0 fully saturated rings. The summed E-state index contributed by atoms with van der Waals surface area (Å²) in [6, 6.07) is 2.07. The molecular formula is C24H34F2N4O3. The number of carbonyl (C=O) groups excluding carboxylic acids is 2. The van der Waals surface area contributed by atoms with Gasteiger partial charge in [-0.05, 0) is 50.8 Å². The van der Waals surface area contributed by atoms with Crippen LogP contribution in [0.3, 0.4) is 0 Å². The number of hydrogen-bond donors (Lipinski definition) is 3. The Morgan fingerprint density at radius 3 is 2.27 bits per heavy atom. The summed E-state index contributed by atoms with van der Waals surface area (Å²) in [5, 5.41) is 16.3. The van der Waals surface area contributed by atoms with Gasteiger partial charge in [-0.25, -0.2) is 13.8 Å². The summed E-state index contributed by atoms with van der Waals surface area (Å²) < 4.78 is 28.5. The van der Waals surface area contributed by atoms with E-state index >= 15 is 0 Å². The number of imidazole rings is 1. The van der Waals surface area contributed by atoms with Crippen LogP contribution in [0.1, 0.15) is 65.9 Å². The predicted molar refractivity (Wildman–Crippen MR) is 123 cm³/mol. The highest BCUT2D eigenvalue weighted by Crippen LogP contribution is 2.35. The minimum Gasteiger partial charge on any atom is -0.387 e. The first-order valence-corrected chi connectivity index (χ1v) is 11.3. The highest BCUT2D eigenvalue weighted by Gasteiger charge is 2.42. The molecule has 1 heterocycles. The molecule has 0 spiro atoms. The summed E-state index contributed by atoms with van der Waals surface area (Å²) in [6.07, 6.45) is 5.07. The third-order valence-corrected chi connectivity index (χ3v) is 6.30. The topological polar surface area (TPSA) is 96.2 Å². The van der Waals surface area contributed by atoms with Gasteiger partial charge in [0.2, 0.25) is 11.8 Å². The lowest BCUT2D eigenvalue weighted by Crippen LogP contribution is -2.50. The lowest BCUT2D eigenvalue weighted by Gasteiger charge is -2.42. The molecule has 2 rings (SSSR count). The molecule has 0 aliphatic heterocycles. The Hall–Kier alpha value is -2.81. The number of halogens is 2. The number of anilines is 1. The second kappa shape index (κ2) is 10.9. The molecule has 33 heavy (non-hydrogen) atoms. The maximum Gasteiger partial charge on any atom is 0.248 e. The molecule has 9 heteroatoms. The number of nitrogens with zero attached hydrogens (tertiary/aromatic N) is 2. The molecule has 0 aliphatic carbocycles. The SMILES string of the molecule is CCCC(NC(=O)Cc1cc(F)cc(F)c1)C(=O)Nc1cn(C(C)(C)C(O)(CC)CC)cn1. The molecule has 2 aromatic rings. The summed E-state index contributed by atoms with van der Waals surface area (Å²) in [5.41, 5.74) is -1.44. The Labute approximate surface area is 193 Å². The minimum absolute atomic E-state index is 0.181. The Bertz CT molecular complexity index is 950. The van der Waals surface area contributed by atoms with Crippen molar-refractivity contribution in [1.29, 1.82) is 0 Å². The summed E-state index contributed by atoms with van der Waals surface area (Å²) in [7, 11) is 0. The van der Waals surface area contributed by atoms with E-state index in [1.807, 2.05) is 34.6 Å². The van der Waals surface area contributed by atoms with Crippen molar-refractivity contribution in [3.05, 3.63) is 47.9 Å². The fourth-order valence-corrected chi connectivity index (χ4v) is 3.96. The van der Waals surface area contributed by atoms with Gasteiger partial charge in [-0.15, -0.1) is 0 Å². The largest absolute Gasteiger partial charge is 0.387 e. The second-order valence-electron chi connectivity index (χ2n) is 8.82. The average molecular weight is 465 g/mol. The van der Waals surface area contributed by atoms with Crippen molar-refractivity contribution in [2.75, 3.05) is 5.32 Å². The average Bonchev–Trinajstić information content (AvgIpc) is 3.21. The van der Waals surface area contributed by atoms with Gasteiger partial charge >= 0.3 is 0 Å². The Morgan fingerprint density at radius 2 is 1.73 bits per heavy atom. The van der Waals surface area contributed by atoms with Gasteiger partial charge in [-0.1, -0.05) is 27.2 Å². The van der Waals surface area contributed by atoms with E-state index in [2.05, 4.69) is 15.6 Å². The number of hydrogen-bond acceptors (Lipinski definition) is 4. The minimum atomic E-state index is -0.954. The van der Waals surface area contributed by atoms with E-state index in [0.29, 0.717) is 31.5 Å². The maximum absolute atomic E-state index is 13.4. The number of carbonyl (C=O) groups is 2. The molecule has 0 radical (unpaired) electrons. The highest BCUT2D eigenvalue weighted by atomic mass is 19.1. The molecule has 0 saturated carbocycles. The van der Waals surface area contributed by atoms with Crippen LogP contribution in [-0.4, -0.2) is 38.1 Å². The van der Waals surface area contributed by atoms with Crippen molar-refractivity contribution < 1.29 is 23.5 Å². The molecule has 2 amide bonds. The predicted octanol–water partition coefficient (Wildman–Crippen LogP) is 3.91. The molecule has 182 valence electrons. The fourth-order valence-electron chi connectivity index (χ4n) is 3.96. The van der Waals surface area contributed by atoms with Gasteiger partial charge in [-0.3, -0.25) is 9.59 Å². The Morgan fingerprint density at radius 1 is 1.12 bits per heavy atom. The Balaban J connectivity index is 2.09. The van der Waals surface area contributed by atoms with Crippen molar-refractivity contribution in [1.82, 2.24) is 14.9 Å². The third kappa shape index (κ3) is 6.37. The van der Waals surface area contributed by atoms with E-state index in [-0.39, 0.29) is 12.0 Å². The van der Waals surface area contributed by atoms with E-state index in [9.17, 15) is 23.5 Å². The van der Waals surface area contributed by atoms with E-state index in [1.165, 1.54) is 0 Å². The summed E-state index contributed by atoms with van der Waals surface area (Å²) in [4.78, 5) is 29.5. The van der Waals surface area contributed by atoms with Crippen LogP contribution in [-0.2, 0) is 21.5 Å². The molecule has 0 aliphatic rings. The van der Waals surface area contributed by atoms with Gasteiger partial charge in [0.25, 0.3) is 0 Å². The molecule has 1 atom stereocenters. The van der Waals surface area contributed by atoms with Crippen molar-refractivity contribution in [2.45, 2.75) is 83.9 Å². The van der Waals surface area contributed by atoms with Crippen LogP contribution < -0.4 is 10.6 Å². The summed E-state index contributed by atoms with van der Waals surface area (Å²) in [6.45, 7) is 9.52. The molecule has 7 nitrogen and oxygen atoms in total. The second-order valence-corrected chi connectivity index (χ2v) is 8.82. The zero-order chi connectivity index (χ0) is 24.8. The normalized spacial score (nSPS) is 13.0. The lowest BCUT2D eigenvalue weighted by molar-refractivity contribution is -0.126. The number of nitrogens with one attached hydrogen (secondary N) is 2. The first-order chi connectivity index (χ1) is 15.5. The van der Waals surface area contributed by atoms with E-state index in [4.69, 9.17) is 0 Å². The van der Waals surface area contributed by atoms with E-state index in [1.54, 1.807) is 17.1 Å². The first-order valence-electron chi connectivity index (χ1n) is 11.3. The van der Waals surface area contributed by atoms with Gasteiger partial charge in [0.15, 0.2) is 5.82 Å². The molecule has 1 unspecified atom stereocenters. The third-order valence-electron chi connectivity index (χ3n) is 6.30. The van der Waals surface area contributed by atoms with Crippen LogP contribution in [0.2, 0.25) is 0 Å². The molecule has 0 bridgehead atoms.